The average Bonchev–Trinajstić information content (AvgIpc) is 3.45. The molecule has 1 unspecified atom stereocenters. The number of ether oxygens (including phenoxy) is 4. The van der Waals surface area contributed by atoms with Crippen LogP contribution in [-0.4, -0.2) is 46.7 Å². The number of hydrogen-bond donors (Lipinski definition) is 0. The molecule has 9 heteroatoms. The molecule has 6 rings (SSSR count). The van der Waals surface area contributed by atoms with Crippen LogP contribution in [0.25, 0.3) is 33.4 Å². The molecule has 5 aromatic rings. The first-order chi connectivity index (χ1) is 20.6. The molecule has 42 heavy (non-hydrogen) atoms. The molecule has 0 spiro atoms. The van der Waals surface area contributed by atoms with Crippen molar-refractivity contribution in [3.8, 4) is 45.7 Å². The topological polar surface area (TPSA) is 95.6 Å². The van der Waals surface area contributed by atoms with E-state index in [-0.39, 0.29) is 6.10 Å². The van der Waals surface area contributed by atoms with Crippen molar-refractivity contribution in [3.63, 3.8) is 0 Å². The highest BCUT2D eigenvalue weighted by molar-refractivity contribution is 7.83. The van der Waals surface area contributed by atoms with Crippen molar-refractivity contribution < 1.29 is 23.2 Å². The first-order valence-corrected chi connectivity index (χ1v) is 14.7. The van der Waals surface area contributed by atoms with Gasteiger partial charge in [-0.15, -0.1) is 0 Å². The molecule has 2 aromatic heterocycles. The van der Waals surface area contributed by atoms with Crippen molar-refractivity contribution in [2.75, 3.05) is 27.4 Å². The smallest absolute Gasteiger partial charge is 0.161 e. The normalized spacial score (nSPS) is 14.3. The van der Waals surface area contributed by atoms with E-state index in [1.54, 1.807) is 24.4 Å². The van der Waals surface area contributed by atoms with Crippen LogP contribution >= 0.6 is 0 Å². The van der Waals surface area contributed by atoms with Crippen LogP contribution in [0.5, 0.6) is 17.2 Å². The molecule has 1 saturated heterocycles. The van der Waals surface area contributed by atoms with E-state index in [1.165, 1.54) is 0 Å². The fraction of sp³-hybridized carbons (Fsp3) is 0.212. The third-order valence-corrected chi connectivity index (χ3v) is 8.70. The number of fused-ring (bicyclic) bond motifs is 1. The summed E-state index contributed by atoms with van der Waals surface area (Å²) in [4.78, 5) is 5.33. The Kier molecular flexibility index (Phi) is 7.91. The lowest BCUT2D eigenvalue weighted by atomic mass is 10.0. The number of aromatic nitrogens is 2. The van der Waals surface area contributed by atoms with Gasteiger partial charge in [0.2, 0.25) is 0 Å². The number of nitriles is 1. The number of benzene rings is 3. The Labute approximate surface area is 246 Å². The van der Waals surface area contributed by atoms with Gasteiger partial charge in [0.1, 0.15) is 17.9 Å². The quantitative estimate of drug-likeness (QED) is 0.210. The van der Waals surface area contributed by atoms with E-state index < -0.39 is 11.0 Å². The number of hydrogen-bond acceptors (Lipinski definition) is 7. The minimum absolute atomic E-state index is 0.0235. The molecule has 0 radical (unpaired) electrons. The van der Waals surface area contributed by atoms with E-state index in [0.717, 1.165) is 34.9 Å². The molecule has 1 atom stereocenters. The Morgan fingerprint density at radius 2 is 1.64 bits per heavy atom. The summed E-state index contributed by atoms with van der Waals surface area (Å²) in [6, 6.07) is 26.7. The van der Waals surface area contributed by atoms with Gasteiger partial charge in [-0.1, -0.05) is 24.3 Å². The van der Waals surface area contributed by atoms with E-state index in [9.17, 15) is 9.47 Å². The molecule has 0 bridgehead atoms. The van der Waals surface area contributed by atoms with Crippen LogP contribution in [0.4, 0.5) is 0 Å². The number of methoxy groups -OCH3 is 2. The van der Waals surface area contributed by atoms with Gasteiger partial charge in [-0.3, -0.25) is 0 Å². The Morgan fingerprint density at radius 3 is 2.38 bits per heavy atom. The zero-order valence-electron chi connectivity index (χ0n) is 23.3. The molecule has 0 amide bonds. The summed E-state index contributed by atoms with van der Waals surface area (Å²) in [7, 11) is 1.58. The van der Waals surface area contributed by atoms with E-state index in [1.807, 2.05) is 78.9 Å². The maximum absolute atomic E-state index is 14.1. The van der Waals surface area contributed by atoms with Gasteiger partial charge in [-0.05, 0) is 65.7 Å². The maximum atomic E-state index is 14.1. The van der Waals surface area contributed by atoms with Crippen molar-refractivity contribution in [1.82, 2.24) is 8.96 Å². The number of rotatable bonds is 8. The molecular formula is C33H29N3O5S. The average molecular weight is 580 g/mol. The lowest BCUT2D eigenvalue weighted by Crippen LogP contribution is -2.26. The third-order valence-electron chi connectivity index (χ3n) is 7.32. The van der Waals surface area contributed by atoms with Gasteiger partial charge < -0.3 is 18.9 Å². The predicted molar refractivity (Wildman–Crippen MR) is 161 cm³/mol. The Balaban J connectivity index is 1.50. The zero-order valence-corrected chi connectivity index (χ0v) is 24.1. The molecule has 8 nitrogen and oxygen atoms in total. The van der Waals surface area contributed by atoms with Crippen molar-refractivity contribution in [2.45, 2.75) is 23.8 Å². The molecule has 1 aliphatic heterocycles. The van der Waals surface area contributed by atoms with Gasteiger partial charge >= 0.3 is 0 Å². The lowest BCUT2D eigenvalue weighted by molar-refractivity contribution is 0.0254. The van der Waals surface area contributed by atoms with Gasteiger partial charge in [0.25, 0.3) is 0 Å². The Hall–Kier alpha value is -4.65. The van der Waals surface area contributed by atoms with Crippen LogP contribution in [0.3, 0.4) is 0 Å². The van der Waals surface area contributed by atoms with Crippen LogP contribution in [0.2, 0.25) is 0 Å². The van der Waals surface area contributed by atoms with Gasteiger partial charge in [-0.2, -0.15) is 5.26 Å². The highest BCUT2D eigenvalue weighted by Gasteiger charge is 2.22. The molecule has 1 aliphatic rings. The third kappa shape index (κ3) is 5.22. The second-order valence-corrected chi connectivity index (χ2v) is 11.1. The highest BCUT2D eigenvalue weighted by atomic mass is 32.2. The highest BCUT2D eigenvalue weighted by Crippen LogP contribution is 2.39. The zero-order chi connectivity index (χ0) is 29.1. The standard InChI is InChI=1S/C33H29N3O5S/c1-38-31-11-9-23(19-32(31)39-2)29-20-28-27(12-15-35-33(28)36(29)42(37)26-6-4-3-5-7-26)22-8-10-30(24(18-22)21-34)41-25-13-16-40-17-14-25/h3-12,15,18-20,25H,13-14,16-17H2,1-2H3. The van der Waals surface area contributed by atoms with Crippen molar-refractivity contribution in [3.05, 3.63) is 90.6 Å². The van der Waals surface area contributed by atoms with Gasteiger partial charge in [-0.25, -0.2) is 13.2 Å². The molecule has 3 aromatic carbocycles. The number of nitrogens with zero attached hydrogens (tertiary/aromatic N) is 3. The number of pyridine rings is 1. The fourth-order valence-electron chi connectivity index (χ4n) is 5.19. The summed E-state index contributed by atoms with van der Waals surface area (Å²) in [6.45, 7) is 1.31. The van der Waals surface area contributed by atoms with E-state index in [2.05, 4.69) is 11.1 Å². The van der Waals surface area contributed by atoms with Crippen molar-refractivity contribution in [2.24, 2.45) is 0 Å². The molecule has 0 aliphatic carbocycles. The second-order valence-electron chi connectivity index (χ2n) is 9.80. The summed E-state index contributed by atoms with van der Waals surface area (Å²) in [6.07, 6.45) is 3.31. The van der Waals surface area contributed by atoms with E-state index in [0.29, 0.717) is 52.3 Å². The molecular weight excluding hydrogens is 550 g/mol. The van der Waals surface area contributed by atoms with Gasteiger partial charge in [0.05, 0.1) is 43.6 Å². The van der Waals surface area contributed by atoms with Crippen LogP contribution in [0, 0.1) is 11.3 Å². The Bertz CT molecular complexity index is 1810. The lowest BCUT2D eigenvalue weighted by Gasteiger charge is -2.23. The van der Waals surface area contributed by atoms with Crippen molar-refractivity contribution in [1.29, 1.82) is 5.26 Å². The summed E-state index contributed by atoms with van der Waals surface area (Å²) < 4.78 is 38.4. The van der Waals surface area contributed by atoms with Crippen LogP contribution in [0.15, 0.2) is 90.0 Å². The predicted octanol–water partition coefficient (Wildman–Crippen LogP) is 6.39. The Morgan fingerprint density at radius 1 is 0.905 bits per heavy atom. The van der Waals surface area contributed by atoms with Crippen LogP contribution in [-0.2, 0) is 15.7 Å². The van der Waals surface area contributed by atoms with Crippen LogP contribution in [0.1, 0.15) is 18.4 Å². The summed E-state index contributed by atoms with van der Waals surface area (Å²) >= 11 is 0. The molecule has 1 fully saturated rings. The molecule has 212 valence electrons. The minimum atomic E-state index is -1.60. The first kappa shape index (κ1) is 27.5. The SMILES string of the molecule is COc1ccc(-c2cc3c(-c4ccc(OC5CCOCC5)c(C#N)c4)ccnc3n2S(=O)c2ccccc2)cc1OC. The monoisotopic (exact) mass is 579 g/mol. The summed E-state index contributed by atoms with van der Waals surface area (Å²) in [5.41, 5.74) is 4.20. The van der Waals surface area contributed by atoms with Crippen molar-refractivity contribution >= 4 is 22.0 Å². The molecule has 3 heterocycles. The minimum Gasteiger partial charge on any atom is -0.493 e. The maximum Gasteiger partial charge on any atom is 0.161 e. The van der Waals surface area contributed by atoms with Gasteiger partial charge in [0.15, 0.2) is 28.1 Å². The van der Waals surface area contributed by atoms with Crippen LogP contribution < -0.4 is 14.2 Å². The largest absolute Gasteiger partial charge is 0.493 e. The second kappa shape index (κ2) is 12.1. The summed E-state index contributed by atoms with van der Waals surface area (Å²) in [5.74, 6) is 1.72. The fourth-order valence-corrected chi connectivity index (χ4v) is 6.43. The first-order valence-electron chi connectivity index (χ1n) is 13.6. The van der Waals surface area contributed by atoms with Gasteiger partial charge in [0, 0.05) is 30.0 Å². The van der Waals surface area contributed by atoms with E-state index >= 15 is 0 Å². The molecule has 0 N–H and O–H groups in total. The summed E-state index contributed by atoms with van der Waals surface area (Å²) in [5, 5.41) is 10.8. The van der Waals surface area contributed by atoms with E-state index in [4.69, 9.17) is 18.9 Å². The molecule has 0 saturated carbocycles.